The van der Waals surface area contributed by atoms with Crippen LogP contribution < -0.4 is 4.74 Å². The lowest BCUT2D eigenvalue weighted by molar-refractivity contribution is 0.255. The monoisotopic (exact) mass is 301 g/mol. The summed E-state index contributed by atoms with van der Waals surface area (Å²) >= 11 is 0. The molecule has 120 valence electrons. The Morgan fingerprint density at radius 1 is 1.18 bits per heavy atom. The number of nitrogens with one attached hydrogen (secondary N) is 1. The number of methoxy groups -OCH3 is 1. The Bertz CT molecular complexity index is 635. The highest BCUT2D eigenvalue weighted by molar-refractivity contribution is 5.88. The molecule has 1 aromatic carbocycles. The lowest BCUT2D eigenvalue weighted by Crippen LogP contribution is -2.30. The summed E-state index contributed by atoms with van der Waals surface area (Å²) in [7, 11) is 1.78. The maximum Gasteiger partial charge on any atom is 0.124 e. The van der Waals surface area contributed by atoms with Crippen molar-refractivity contribution < 1.29 is 4.74 Å². The quantitative estimate of drug-likeness (QED) is 0.942. The van der Waals surface area contributed by atoms with E-state index < -0.39 is 0 Å². The number of hydrogen-bond acceptors (Lipinski definition) is 3. The summed E-state index contributed by atoms with van der Waals surface area (Å²) in [5.41, 5.74) is 3.80. The van der Waals surface area contributed by atoms with Crippen LogP contribution in [0.2, 0.25) is 0 Å². The molecule has 0 atom stereocenters. The molecule has 4 heteroatoms. The van der Waals surface area contributed by atoms with Gasteiger partial charge < -0.3 is 14.6 Å². The number of benzene rings is 1. The molecule has 1 saturated heterocycles. The summed E-state index contributed by atoms with van der Waals surface area (Å²) < 4.78 is 5.67. The average Bonchev–Trinajstić information content (AvgIpc) is 2.91. The fourth-order valence-corrected chi connectivity index (χ4v) is 3.50. The molecular weight excluding hydrogens is 274 g/mol. The summed E-state index contributed by atoms with van der Waals surface area (Å²) in [5, 5.41) is 1.30. The fourth-order valence-electron chi connectivity index (χ4n) is 3.50. The maximum atomic E-state index is 5.67. The first-order chi connectivity index (χ1) is 10.7. The van der Waals surface area contributed by atoms with Crippen LogP contribution in [0.1, 0.15) is 24.5 Å². The predicted molar refractivity (Wildman–Crippen MR) is 91.6 cm³/mol. The highest BCUT2D eigenvalue weighted by atomic mass is 16.5. The van der Waals surface area contributed by atoms with Crippen molar-refractivity contribution in [2.45, 2.75) is 26.8 Å². The smallest absolute Gasteiger partial charge is 0.124 e. The molecule has 0 bridgehead atoms. The molecule has 0 radical (unpaired) electrons. The van der Waals surface area contributed by atoms with Crippen molar-refractivity contribution in [1.82, 2.24) is 14.8 Å². The average molecular weight is 301 g/mol. The molecule has 1 fully saturated rings. The van der Waals surface area contributed by atoms with Gasteiger partial charge in [0.1, 0.15) is 5.75 Å². The molecule has 1 aromatic heterocycles. The number of aryl methyl sites for hydroxylation is 1. The molecule has 0 spiro atoms. The molecule has 1 aliphatic heterocycles. The van der Waals surface area contributed by atoms with E-state index in [2.05, 4.69) is 40.8 Å². The second-order valence-electron chi connectivity index (χ2n) is 6.20. The van der Waals surface area contributed by atoms with E-state index in [0.29, 0.717) is 0 Å². The van der Waals surface area contributed by atoms with Crippen molar-refractivity contribution in [3.8, 4) is 5.75 Å². The minimum absolute atomic E-state index is 0.968. The maximum absolute atomic E-state index is 5.67. The molecule has 3 rings (SSSR count). The van der Waals surface area contributed by atoms with Gasteiger partial charge in [-0.1, -0.05) is 6.92 Å². The van der Waals surface area contributed by atoms with Gasteiger partial charge in [-0.25, -0.2) is 0 Å². The van der Waals surface area contributed by atoms with Gasteiger partial charge in [0.2, 0.25) is 0 Å². The predicted octanol–water partition coefficient (Wildman–Crippen LogP) is 3.01. The molecule has 1 aliphatic rings. The van der Waals surface area contributed by atoms with Gasteiger partial charge in [0.25, 0.3) is 0 Å². The zero-order valence-corrected chi connectivity index (χ0v) is 14.0. The molecule has 2 aromatic rings. The summed E-state index contributed by atoms with van der Waals surface area (Å²) in [4.78, 5) is 8.47. The molecule has 1 N–H and O–H groups in total. The molecule has 2 heterocycles. The van der Waals surface area contributed by atoms with E-state index in [4.69, 9.17) is 4.74 Å². The van der Waals surface area contributed by atoms with Gasteiger partial charge in [-0.15, -0.1) is 0 Å². The topological polar surface area (TPSA) is 31.5 Å². The third-order valence-corrected chi connectivity index (χ3v) is 4.84. The van der Waals surface area contributed by atoms with E-state index in [1.165, 1.54) is 48.1 Å². The van der Waals surface area contributed by atoms with Crippen LogP contribution >= 0.6 is 0 Å². The van der Waals surface area contributed by atoms with Crippen LogP contribution in [0.25, 0.3) is 10.9 Å². The molecule has 0 saturated carbocycles. The minimum Gasteiger partial charge on any atom is -0.496 e. The van der Waals surface area contributed by atoms with Gasteiger partial charge in [0, 0.05) is 42.3 Å². The lowest BCUT2D eigenvalue weighted by atomic mass is 10.0. The highest BCUT2D eigenvalue weighted by Crippen LogP contribution is 2.31. The standard InChI is InChI=1S/C18H27N3O/c1-4-20-8-5-9-21(11-10-20)13-16-15-6-7-19-18(15)14(2)12-17(16)22-3/h6-7,12,19H,4-5,8-11,13H2,1-3H3. The largest absolute Gasteiger partial charge is 0.496 e. The summed E-state index contributed by atoms with van der Waals surface area (Å²) in [6.45, 7) is 11.2. The SMILES string of the molecule is CCN1CCCN(Cc2c(OC)cc(C)c3[nH]ccc23)CC1. The molecule has 0 aliphatic carbocycles. The van der Waals surface area contributed by atoms with Crippen molar-refractivity contribution in [3.63, 3.8) is 0 Å². The van der Waals surface area contributed by atoms with Crippen LogP contribution in [0.5, 0.6) is 5.75 Å². The van der Waals surface area contributed by atoms with Crippen molar-refractivity contribution in [2.24, 2.45) is 0 Å². The van der Waals surface area contributed by atoms with Gasteiger partial charge in [0.05, 0.1) is 7.11 Å². The highest BCUT2D eigenvalue weighted by Gasteiger charge is 2.18. The molecule has 0 amide bonds. The first-order valence-electron chi connectivity index (χ1n) is 8.31. The van der Waals surface area contributed by atoms with E-state index in [-0.39, 0.29) is 0 Å². The number of aromatic nitrogens is 1. The van der Waals surface area contributed by atoms with Crippen LogP contribution in [0.3, 0.4) is 0 Å². The Labute approximate surface area is 133 Å². The van der Waals surface area contributed by atoms with E-state index in [1.807, 2.05) is 6.20 Å². The zero-order chi connectivity index (χ0) is 15.5. The van der Waals surface area contributed by atoms with Crippen molar-refractivity contribution in [1.29, 1.82) is 0 Å². The second-order valence-corrected chi connectivity index (χ2v) is 6.20. The minimum atomic E-state index is 0.968. The second kappa shape index (κ2) is 6.71. The molecule has 4 nitrogen and oxygen atoms in total. The number of nitrogens with zero attached hydrogens (tertiary/aromatic N) is 2. The van der Waals surface area contributed by atoms with Crippen molar-refractivity contribution >= 4 is 10.9 Å². The number of rotatable bonds is 4. The third-order valence-electron chi connectivity index (χ3n) is 4.84. The van der Waals surface area contributed by atoms with Gasteiger partial charge in [-0.3, -0.25) is 4.90 Å². The number of H-pyrrole nitrogens is 1. The van der Waals surface area contributed by atoms with Gasteiger partial charge >= 0.3 is 0 Å². The third kappa shape index (κ3) is 2.99. The Kier molecular flexibility index (Phi) is 4.69. The van der Waals surface area contributed by atoms with E-state index in [1.54, 1.807) is 7.11 Å². The summed E-state index contributed by atoms with van der Waals surface area (Å²) in [6, 6.07) is 4.33. The fraction of sp³-hybridized carbons (Fsp3) is 0.556. The van der Waals surface area contributed by atoms with E-state index >= 15 is 0 Å². The van der Waals surface area contributed by atoms with Gasteiger partial charge in [-0.2, -0.15) is 0 Å². The number of ether oxygens (including phenoxy) is 1. The first kappa shape index (κ1) is 15.4. The summed E-state index contributed by atoms with van der Waals surface area (Å²) in [6.07, 6.45) is 3.28. The number of likely N-dealkylation sites (N-methyl/N-ethyl adjacent to an activating group) is 1. The number of aromatic amines is 1. The molecule has 0 unspecified atom stereocenters. The molecular formula is C18H27N3O. The first-order valence-corrected chi connectivity index (χ1v) is 8.31. The summed E-state index contributed by atoms with van der Waals surface area (Å²) in [5.74, 6) is 1.01. The van der Waals surface area contributed by atoms with Crippen LogP contribution in [0, 0.1) is 6.92 Å². The van der Waals surface area contributed by atoms with E-state index in [0.717, 1.165) is 25.4 Å². The van der Waals surface area contributed by atoms with Gasteiger partial charge in [0.15, 0.2) is 0 Å². The van der Waals surface area contributed by atoms with Crippen LogP contribution in [-0.4, -0.2) is 54.6 Å². The Morgan fingerprint density at radius 2 is 1.95 bits per heavy atom. The van der Waals surface area contributed by atoms with E-state index in [9.17, 15) is 0 Å². The van der Waals surface area contributed by atoms with Crippen molar-refractivity contribution in [2.75, 3.05) is 39.8 Å². The van der Waals surface area contributed by atoms with Crippen LogP contribution in [0.15, 0.2) is 18.3 Å². The van der Waals surface area contributed by atoms with Crippen LogP contribution in [0.4, 0.5) is 0 Å². The lowest BCUT2D eigenvalue weighted by Gasteiger charge is -2.23. The van der Waals surface area contributed by atoms with Crippen molar-refractivity contribution in [3.05, 3.63) is 29.5 Å². The van der Waals surface area contributed by atoms with Gasteiger partial charge in [-0.05, 0) is 50.7 Å². The Hall–Kier alpha value is -1.52. The zero-order valence-electron chi connectivity index (χ0n) is 14.0. The van der Waals surface area contributed by atoms with Crippen LogP contribution in [-0.2, 0) is 6.54 Å². The number of hydrogen-bond donors (Lipinski definition) is 1. The molecule has 22 heavy (non-hydrogen) atoms. The Balaban J connectivity index is 1.86. The number of fused-ring (bicyclic) bond motifs is 1. The normalized spacial score (nSPS) is 17.8. The Morgan fingerprint density at radius 3 is 2.73 bits per heavy atom.